The van der Waals surface area contributed by atoms with Gasteiger partial charge in [-0.05, 0) is 64.8 Å². The zero-order valence-electron chi connectivity index (χ0n) is 23.3. The number of carbonyl (C=O) groups is 4. The quantitative estimate of drug-likeness (QED) is 0.237. The molecule has 40 heavy (non-hydrogen) atoms. The molecule has 3 aliphatic carbocycles. The molecule has 3 aliphatic rings. The number of nitrogens with zero attached hydrogens (tertiary/aromatic N) is 1. The molecule has 7 N–H and O–H groups in total. The van der Waals surface area contributed by atoms with Crippen molar-refractivity contribution in [2.75, 3.05) is 14.1 Å². The summed E-state index contributed by atoms with van der Waals surface area (Å²) in [5.74, 6) is -7.95. The molecule has 4 rings (SSSR count). The fourth-order valence-electron chi connectivity index (χ4n) is 6.27. The summed E-state index contributed by atoms with van der Waals surface area (Å²) >= 11 is 0. The Morgan fingerprint density at radius 1 is 1.15 bits per heavy atom. The number of ketones is 2. The molecule has 11 heteroatoms. The molecule has 0 radical (unpaired) electrons. The molecule has 0 spiro atoms. The zero-order chi connectivity index (χ0) is 30.1. The minimum absolute atomic E-state index is 0.00230. The van der Waals surface area contributed by atoms with Crippen molar-refractivity contribution in [2.24, 2.45) is 17.6 Å². The van der Waals surface area contributed by atoms with Gasteiger partial charge in [-0.3, -0.25) is 24.1 Å². The number of primary amides is 1. The number of fused-ring (bicyclic) bond motifs is 3. The molecule has 1 aromatic rings. The molecule has 214 valence electrons. The summed E-state index contributed by atoms with van der Waals surface area (Å²) in [6, 6.07) is 2.12. The highest BCUT2D eigenvalue weighted by Gasteiger charge is 2.64. The van der Waals surface area contributed by atoms with Crippen LogP contribution in [0, 0.1) is 11.8 Å². The monoisotopic (exact) mass is 553 g/mol. The maximum absolute atomic E-state index is 14.0. The largest absolute Gasteiger partial charge is 0.508 e. The molecule has 11 nitrogen and oxygen atoms in total. The molecule has 0 heterocycles. The van der Waals surface area contributed by atoms with Gasteiger partial charge in [-0.15, -0.1) is 0 Å². The van der Waals surface area contributed by atoms with Gasteiger partial charge in [-0.25, -0.2) is 0 Å². The maximum Gasteiger partial charge on any atom is 0.255 e. The summed E-state index contributed by atoms with van der Waals surface area (Å²) in [6.07, 6.45) is 2.61. The van der Waals surface area contributed by atoms with E-state index in [4.69, 9.17) is 5.73 Å². The molecule has 2 amide bonds. The van der Waals surface area contributed by atoms with Crippen LogP contribution < -0.4 is 11.1 Å². The Morgan fingerprint density at radius 2 is 1.77 bits per heavy atom. The fraction of sp³-hybridized carbons (Fsp3) is 0.448. The van der Waals surface area contributed by atoms with E-state index in [0.717, 1.165) is 0 Å². The van der Waals surface area contributed by atoms with Gasteiger partial charge >= 0.3 is 0 Å². The van der Waals surface area contributed by atoms with E-state index >= 15 is 0 Å². The second-order valence-corrected chi connectivity index (χ2v) is 12.0. The number of benzene rings is 1. The molecule has 1 saturated carbocycles. The number of nitrogens with one attached hydrogen (secondary N) is 1. The van der Waals surface area contributed by atoms with Gasteiger partial charge in [0.05, 0.1) is 11.6 Å². The lowest BCUT2D eigenvalue weighted by atomic mass is 9.55. The number of nitrogens with two attached hydrogens (primary N) is 1. The average Bonchev–Trinajstić information content (AvgIpc) is 2.82. The van der Waals surface area contributed by atoms with Crippen molar-refractivity contribution in [3.05, 3.63) is 51.8 Å². The lowest BCUT2D eigenvalue weighted by molar-refractivity contribution is -0.154. The number of hydrogen-bond donors (Lipinski definition) is 6. The van der Waals surface area contributed by atoms with E-state index in [0.29, 0.717) is 5.56 Å². The fourth-order valence-corrected chi connectivity index (χ4v) is 6.27. The minimum atomic E-state index is -2.71. The van der Waals surface area contributed by atoms with E-state index in [2.05, 4.69) is 5.32 Å². The summed E-state index contributed by atoms with van der Waals surface area (Å²) in [6.45, 7) is 7.25. The molecule has 0 saturated heterocycles. The van der Waals surface area contributed by atoms with Crippen LogP contribution in [0.4, 0.5) is 0 Å². The van der Waals surface area contributed by atoms with Crippen molar-refractivity contribution in [3.8, 4) is 5.75 Å². The highest BCUT2D eigenvalue weighted by Crippen LogP contribution is 2.56. The summed E-state index contributed by atoms with van der Waals surface area (Å²) in [4.78, 5) is 53.0. The van der Waals surface area contributed by atoms with Crippen LogP contribution in [0.25, 0.3) is 11.8 Å². The first-order valence-electron chi connectivity index (χ1n) is 12.9. The van der Waals surface area contributed by atoms with Crippen LogP contribution in [0.3, 0.4) is 0 Å². The lowest BCUT2D eigenvalue weighted by Gasteiger charge is -2.51. The summed E-state index contributed by atoms with van der Waals surface area (Å²) in [5, 5.41) is 48.0. The first-order chi connectivity index (χ1) is 18.4. The van der Waals surface area contributed by atoms with Gasteiger partial charge in [-0.2, -0.15) is 0 Å². The number of phenols is 1. The number of carbonyl (C=O) groups excluding carboxylic acids is 4. The predicted octanol–water partition coefficient (Wildman–Crippen LogP) is 1.45. The highest BCUT2D eigenvalue weighted by molar-refractivity contribution is 6.24. The summed E-state index contributed by atoms with van der Waals surface area (Å²) in [5.41, 5.74) is 1.76. The number of phenolic OH excluding ortho intramolecular Hbond substituents is 1. The number of aliphatic hydroxyl groups excluding tert-OH is 2. The van der Waals surface area contributed by atoms with Crippen LogP contribution in [0.2, 0.25) is 0 Å². The van der Waals surface area contributed by atoms with Gasteiger partial charge in [-0.1, -0.05) is 19.1 Å². The molecular weight excluding hydrogens is 518 g/mol. The minimum Gasteiger partial charge on any atom is -0.508 e. The third kappa shape index (κ3) is 4.29. The Labute approximate surface area is 231 Å². The number of hydrogen-bond acceptors (Lipinski definition) is 9. The van der Waals surface area contributed by atoms with Gasteiger partial charge < -0.3 is 31.5 Å². The second-order valence-electron chi connectivity index (χ2n) is 12.0. The van der Waals surface area contributed by atoms with E-state index in [1.54, 1.807) is 33.2 Å². The number of likely N-dealkylation sites (N-methyl/N-ethyl adjacent to an activating group) is 1. The van der Waals surface area contributed by atoms with Crippen LogP contribution in [-0.2, 0) is 19.2 Å². The van der Waals surface area contributed by atoms with Crippen molar-refractivity contribution in [1.29, 1.82) is 0 Å². The van der Waals surface area contributed by atoms with E-state index < -0.39 is 75.4 Å². The summed E-state index contributed by atoms with van der Waals surface area (Å²) in [7, 11) is 3.09. The summed E-state index contributed by atoms with van der Waals surface area (Å²) < 4.78 is 0. The van der Waals surface area contributed by atoms with Crippen molar-refractivity contribution in [3.63, 3.8) is 0 Å². The zero-order valence-corrected chi connectivity index (χ0v) is 23.3. The standard InChI is InChI=1S/C29H35N3O8/c1-12-14-9-7-13(8-10-17(33)31-28(2,3)4)22(34)18(14)23(35)19-15(12)11-16-21(32(5)6)24(36)20(27(30)39)26(38)29(16,40)25(19)37/h7-10,12,15-16,21,34-35,38,40H,11H2,1-6H3,(H2,30,39)(H,31,33)/b10-8+/t12-,15+,16-,21-,29-/m0/s1. The van der Waals surface area contributed by atoms with Crippen molar-refractivity contribution < 1.29 is 39.6 Å². The first kappa shape index (κ1) is 29.0. The Hall–Kier alpha value is -3.96. The van der Waals surface area contributed by atoms with Gasteiger partial charge in [0.25, 0.3) is 5.91 Å². The number of aliphatic hydroxyl groups is 3. The molecule has 0 bridgehead atoms. The Bertz CT molecular complexity index is 1430. The Kier molecular flexibility index (Phi) is 6.97. The van der Waals surface area contributed by atoms with Crippen LogP contribution in [0.15, 0.2) is 35.1 Å². The normalized spacial score (nSPS) is 28.5. The topological polar surface area (TPSA) is 190 Å². The predicted molar refractivity (Wildman–Crippen MR) is 146 cm³/mol. The van der Waals surface area contributed by atoms with E-state index in [1.807, 2.05) is 20.8 Å². The molecule has 1 aromatic carbocycles. The van der Waals surface area contributed by atoms with Gasteiger partial charge in [0, 0.05) is 28.7 Å². The van der Waals surface area contributed by atoms with Crippen LogP contribution >= 0.6 is 0 Å². The van der Waals surface area contributed by atoms with Gasteiger partial charge in [0.2, 0.25) is 11.7 Å². The average molecular weight is 554 g/mol. The smallest absolute Gasteiger partial charge is 0.255 e. The molecule has 1 fully saturated rings. The van der Waals surface area contributed by atoms with Crippen molar-refractivity contribution in [1.82, 2.24) is 10.2 Å². The Morgan fingerprint density at radius 3 is 2.33 bits per heavy atom. The maximum atomic E-state index is 14.0. The number of amides is 2. The molecular formula is C29H35N3O8. The van der Waals surface area contributed by atoms with E-state index in [-0.39, 0.29) is 28.9 Å². The lowest BCUT2D eigenvalue weighted by Crippen LogP contribution is -2.65. The Balaban J connectivity index is 1.88. The number of Topliss-reactive ketones (excluding diaryl/α,β-unsaturated/α-hetero) is 2. The first-order valence-corrected chi connectivity index (χ1v) is 12.9. The van der Waals surface area contributed by atoms with Gasteiger partial charge in [0.15, 0.2) is 11.4 Å². The van der Waals surface area contributed by atoms with Crippen molar-refractivity contribution >= 4 is 35.2 Å². The van der Waals surface area contributed by atoms with E-state index in [9.17, 15) is 39.6 Å². The molecule has 0 aliphatic heterocycles. The second kappa shape index (κ2) is 9.60. The van der Waals surface area contributed by atoms with Crippen LogP contribution in [0.1, 0.15) is 56.7 Å². The van der Waals surface area contributed by atoms with Gasteiger partial charge in [0.1, 0.15) is 22.8 Å². The highest BCUT2D eigenvalue weighted by atomic mass is 16.3. The SMILES string of the molecule is C[C@H]1c2ccc(/C=C/C(=O)NC(C)(C)C)c(O)c2C(O)=C2C(=O)[C@]3(O)C(O)=C(C(N)=O)C(=O)[C@@H](N(C)C)[C@@H]3C[C@@H]21. The molecule has 5 atom stereocenters. The third-order valence-electron chi connectivity index (χ3n) is 8.04. The van der Waals surface area contributed by atoms with E-state index in [1.165, 1.54) is 17.1 Å². The number of rotatable bonds is 4. The molecule has 0 unspecified atom stereocenters. The molecule has 0 aromatic heterocycles. The van der Waals surface area contributed by atoms with Crippen LogP contribution in [-0.4, -0.2) is 80.0 Å². The third-order valence-corrected chi connectivity index (χ3v) is 8.04. The van der Waals surface area contributed by atoms with Crippen LogP contribution in [0.5, 0.6) is 5.75 Å². The number of aromatic hydroxyl groups is 1. The van der Waals surface area contributed by atoms with Crippen molar-refractivity contribution in [2.45, 2.75) is 57.2 Å².